The Bertz CT molecular complexity index is 934. The van der Waals surface area contributed by atoms with Crippen molar-refractivity contribution in [1.82, 2.24) is 20.3 Å². The van der Waals surface area contributed by atoms with Crippen LogP contribution in [0.15, 0.2) is 48.7 Å². The maximum atomic E-state index is 12.4. The first-order valence-corrected chi connectivity index (χ1v) is 8.53. The van der Waals surface area contributed by atoms with Gasteiger partial charge in [-0.05, 0) is 31.2 Å². The summed E-state index contributed by atoms with van der Waals surface area (Å²) in [6.45, 7) is 2.02. The number of aromatic nitrogens is 3. The highest BCUT2D eigenvalue weighted by Gasteiger charge is 2.12. The van der Waals surface area contributed by atoms with Crippen LogP contribution in [0.25, 0.3) is 0 Å². The van der Waals surface area contributed by atoms with E-state index in [-0.39, 0.29) is 11.6 Å². The predicted octanol–water partition coefficient (Wildman–Crippen LogP) is 4.16. The number of aryl methyl sites for hydroxylation is 1. The second-order valence-corrected chi connectivity index (χ2v) is 6.20. The van der Waals surface area contributed by atoms with Crippen LogP contribution >= 0.6 is 23.2 Å². The quantitative estimate of drug-likeness (QED) is 0.686. The Kier molecular flexibility index (Phi) is 5.65. The Hall–Kier alpha value is -2.70. The molecule has 2 N–H and O–H groups in total. The topological polar surface area (TPSA) is 79.8 Å². The Morgan fingerprint density at radius 3 is 2.73 bits per heavy atom. The third kappa shape index (κ3) is 4.47. The molecule has 0 bridgehead atoms. The molecule has 2 heterocycles. The van der Waals surface area contributed by atoms with Crippen LogP contribution in [0, 0.1) is 6.92 Å². The molecule has 6 nitrogen and oxygen atoms in total. The zero-order valence-electron chi connectivity index (χ0n) is 13.8. The first kappa shape index (κ1) is 18.1. The van der Waals surface area contributed by atoms with Gasteiger partial charge in [-0.15, -0.1) is 0 Å². The van der Waals surface area contributed by atoms with Gasteiger partial charge in [-0.25, -0.2) is 9.97 Å². The van der Waals surface area contributed by atoms with Crippen LogP contribution in [0.3, 0.4) is 0 Å². The van der Waals surface area contributed by atoms with E-state index in [9.17, 15) is 4.79 Å². The van der Waals surface area contributed by atoms with Crippen molar-refractivity contribution in [3.05, 3.63) is 75.9 Å². The molecular weight excluding hydrogens is 373 g/mol. The molecule has 0 aliphatic heterocycles. The smallest absolute Gasteiger partial charge is 0.270 e. The minimum atomic E-state index is -0.318. The molecule has 3 aromatic rings. The number of nitrogens with one attached hydrogen (secondary N) is 2. The highest BCUT2D eigenvalue weighted by Crippen LogP contribution is 2.31. The number of amides is 1. The van der Waals surface area contributed by atoms with Crippen molar-refractivity contribution in [3.63, 3.8) is 0 Å². The van der Waals surface area contributed by atoms with Crippen LogP contribution in [0.2, 0.25) is 10.0 Å². The molecule has 0 spiro atoms. The van der Waals surface area contributed by atoms with Gasteiger partial charge in [0.1, 0.15) is 17.3 Å². The van der Waals surface area contributed by atoms with Gasteiger partial charge in [0.15, 0.2) is 0 Å². The van der Waals surface area contributed by atoms with E-state index in [1.165, 1.54) is 0 Å². The minimum absolute atomic E-state index is 0.245. The Morgan fingerprint density at radius 2 is 1.96 bits per heavy atom. The Morgan fingerprint density at radius 1 is 1.12 bits per heavy atom. The van der Waals surface area contributed by atoms with Crippen LogP contribution in [0.5, 0.6) is 0 Å². The zero-order valence-corrected chi connectivity index (χ0v) is 15.3. The summed E-state index contributed by atoms with van der Waals surface area (Å²) < 4.78 is 0. The van der Waals surface area contributed by atoms with Crippen LogP contribution < -0.4 is 10.6 Å². The number of nitrogens with zero attached hydrogens (tertiary/aromatic N) is 3. The summed E-state index contributed by atoms with van der Waals surface area (Å²) in [4.78, 5) is 25.0. The van der Waals surface area contributed by atoms with E-state index in [2.05, 4.69) is 25.6 Å². The molecule has 2 aromatic heterocycles. The Balaban J connectivity index is 1.76. The lowest BCUT2D eigenvalue weighted by Crippen LogP contribution is -2.24. The van der Waals surface area contributed by atoms with Gasteiger partial charge >= 0.3 is 0 Å². The normalized spacial score (nSPS) is 10.4. The zero-order chi connectivity index (χ0) is 18.5. The van der Waals surface area contributed by atoms with Crippen molar-refractivity contribution >= 4 is 40.6 Å². The summed E-state index contributed by atoms with van der Waals surface area (Å²) in [5.74, 6) is 0.585. The molecular formula is C18H15Cl2N5O. The molecule has 1 amide bonds. The number of hydrogen-bond acceptors (Lipinski definition) is 5. The summed E-state index contributed by atoms with van der Waals surface area (Å²) in [6.07, 6.45) is 1.67. The number of halogens is 2. The van der Waals surface area contributed by atoms with Crippen LogP contribution in [-0.2, 0) is 6.54 Å². The van der Waals surface area contributed by atoms with Gasteiger partial charge in [-0.2, -0.15) is 0 Å². The van der Waals surface area contributed by atoms with Gasteiger partial charge < -0.3 is 10.6 Å². The first-order valence-electron chi connectivity index (χ1n) is 7.78. The summed E-state index contributed by atoms with van der Waals surface area (Å²) >= 11 is 12.2. The molecule has 8 heteroatoms. The summed E-state index contributed by atoms with van der Waals surface area (Å²) in [5, 5.41) is 6.66. The SMILES string of the molecule is Cc1nc(Nc2cccc(Cl)c2Cl)cc(C(=O)NCc2ccccn2)n1. The van der Waals surface area contributed by atoms with E-state index in [1.54, 1.807) is 37.4 Å². The molecule has 0 aliphatic rings. The Labute approximate surface area is 160 Å². The van der Waals surface area contributed by atoms with Crippen LogP contribution in [0.4, 0.5) is 11.5 Å². The largest absolute Gasteiger partial charge is 0.345 e. The van der Waals surface area contributed by atoms with Crippen LogP contribution in [0.1, 0.15) is 22.0 Å². The lowest BCUT2D eigenvalue weighted by Gasteiger charge is -2.11. The second-order valence-electron chi connectivity index (χ2n) is 5.42. The maximum Gasteiger partial charge on any atom is 0.270 e. The number of rotatable bonds is 5. The summed E-state index contributed by atoms with van der Waals surface area (Å²) in [6, 6.07) is 12.3. The average Bonchev–Trinajstić information content (AvgIpc) is 2.64. The number of carbonyl (C=O) groups is 1. The van der Waals surface area contributed by atoms with Gasteiger partial charge in [0.2, 0.25) is 0 Å². The molecule has 0 fully saturated rings. The summed E-state index contributed by atoms with van der Waals surface area (Å²) in [7, 11) is 0. The molecule has 0 unspecified atom stereocenters. The van der Waals surface area contributed by atoms with Gasteiger partial charge in [0, 0.05) is 12.3 Å². The fourth-order valence-corrected chi connectivity index (χ4v) is 2.60. The number of benzene rings is 1. The van der Waals surface area contributed by atoms with Crippen LogP contribution in [-0.4, -0.2) is 20.9 Å². The molecule has 26 heavy (non-hydrogen) atoms. The monoisotopic (exact) mass is 387 g/mol. The third-order valence-electron chi connectivity index (χ3n) is 3.44. The molecule has 0 atom stereocenters. The van der Waals surface area contributed by atoms with Crippen molar-refractivity contribution < 1.29 is 4.79 Å². The van der Waals surface area contributed by atoms with Crippen molar-refractivity contribution in [2.45, 2.75) is 13.5 Å². The standard InChI is InChI=1S/C18H15Cl2N5O/c1-11-23-15(18(26)22-10-12-5-2-3-8-21-12)9-16(24-11)25-14-7-4-6-13(19)17(14)20/h2-9H,10H2,1H3,(H,22,26)(H,23,24,25). The van der Waals surface area contributed by atoms with Gasteiger partial charge in [-0.3, -0.25) is 9.78 Å². The highest BCUT2D eigenvalue weighted by molar-refractivity contribution is 6.43. The molecule has 0 saturated carbocycles. The fourth-order valence-electron chi connectivity index (χ4n) is 2.25. The van der Waals surface area contributed by atoms with Crippen molar-refractivity contribution in [1.29, 1.82) is 0 Å². The number of carbonyl (C=O) groups excluding carboxylic acids is 1. The molecule has 0 saturated heterocycles. The van der Waals surface area contributed by atoms with Gasteiger partial charge in [-0.1, -0.05) is 35.3 Å². The van der Waals surface area contributed by atoms with E-state index in [1.807, 2.05) is 18.2 Å². The number of pyridine rings is 1. The molecule has 1 aromatic carbocycles. The van der Waals surface area contributed by atoms with Crippen molar-refractivity contribution in [2.75, 3.05) is 5.32 Å². The fraction of sp³-hybridized carbons (Fsp3) is 0.111. The molecule has 0 radical (unpaired) electrons. The third-order valence-corrected chi connectivity index (χ3v) is 4.26. The number of hydrogen-bond donors (Lipinski definition) is 2. The van der Waals surface area contributed by atoms with Crippen molar-refractivity contribution in [3.8, 4) is 0 Å². The van der Waals surface area contributed by atoms with E-state index >= 15 is 0 Å². The van der Waals surface area contributed by atoms with E-state index in [4.69, 9.17) is 23.2 Å². The van der Waals surface area contributed by atoms with Gasteiger partial charge in [0.05, 0.1) is 28.0 Å². The highest BCUT2D eigenvalue weighted by atomic mass is 35.5. The molecule has 0 aliphatic carbocycles. The predicted molar refractivity (Wildman–Crippen MR) is 102 cm³/mol. The lowest BCUT2D eigenvalue weighted by molar-refractivity contribution is 0.0945. The first-order chi connectivity index (χ1) is 12.5. The van der Waals surface area contributed by atoms with E-state index in [0.29, 0.717) is 33.9 Å². The molecule has 132 valence electrons. The number of anilines is 2. The van der Waals surface area contributed by atoms with Crippen molar-refractivity contribution in [2.24, 2.45) is 0 Å². The lowest BCUT2D eigenvalue weighted by atomic mass is 10.3. The van der Waals surface area contributed by atoms with Gasteiger partial charge in [0.25, 0.3) is 5.91 Å². The minimum Gasteiger partial charge on any atom is -0.345 e. The van der Waals surface area contributed by atoms with E-state index < -0.39 is 0 Å². The summed E-state index contributed by atoms with van der Waals surface area (Å²) in [5.41, 5.74) is 1.60. The second kappa shape index (κ2) is 8.12. The molecule has 3 rings (SSSR count). The van der Waals surface area contributed by atoms with E-state index in [0.717, 1.165) is 5.69 Å². The maximum absolute atomic E-state index is 12.4. The average molecular weight is 388 g/mol.